The lowest BCUT2D eigenvalue weighted by Crippen LogP contribution is -2.10. The first-order valence-electron chi connectivity index (χ1n) is 7.34. The monoisotopic (exact) mass is 292 g/mol. The molecule has 1 atom stereocenters. The Morgan fingerprint density at radius 3 is 2.75 bits per heavy atom. The highest BCUT2D eigenvalue weighted by Gasteiger charge is 2.22. The molecule has 0 spiro atoms. The molecule has 0 bridgehead atoms. The maximum atomic E-state index is 9.56. The van der Waals surface area contributed by atoms with Gasteiger partial charge in [0, 0.05) is 6.54 Å². The highest BCUT2D eigenvalue weighted by Crippen LogP contribution is 2.38. The number of aliphatic hydroxyl groups is 1. The van der Waals surface area contributed by atoms with Crippen LogP contribution in [0.3, 0.4) is 0 Å². The molecule has 1 aromatic carbocycles. The third kappa shape index (κ3) is 2.94. The van der Waals surface area contributed by atoms with E-state index in [1.54, 1.807) is 0 Å². The van der Waals surface area contributed by atoms with E-state index in [1.165, 1.54) is 18.4 Å². The molecule has 1 unspecified atom stereocenters. The van der Waals surface area contributed by atoms with Crippen LogP contribution < -0.4 is 11.1 Å². The van der Waals surface area contributed by atoms with Gasteiger partial charge in [0.25, 0.3) is 0 Å². The molecule has 0 aliphatic heterocycles. The predicted molar refractivity (Wildman–Crippen MR) is 84.9 cm³/mol. The molecule has 0 aromatic heterocycles. The van der Waals surface area contributed by atoms with Gasteiger partial charge >= 0.3 is 0 Å². The fourth-order valence-corrected chi connectivity index (χ4v) is 2.92. The van der Waals surface area contributed by atoms with E-state index in [0.717, 1.165) is 36.6 Å². The topological polar surface area (TPSA) is 58.3 Å². The van der Waals surface area contributed by atoms with Crippen molar-refractivity contribution in [1.82, 2.24) is 0 Å². The van der Waals surface area contributed by atoms with E-state index in [0.29, 0.717) is 17.1 Å². The molecule has 1 aromatic rings. The summed E-state index contributed by atoms with van der Waals surface area (Å²) in [5.41, 5.74) is 9.92. The lowest BCUT2D eigenvalue weighted by molar-refractivity contribution is 0.166. The van der Waals surface area contributed by atoms with E-state index >= 15 is 0 Å². The van der Waals surface area contributed by atoms with Crippen LogP contribution in [-0.4, -0.2) is 17.8 Å². The van der Waals surface area contributed by atoms with Crippen LogP contribution in [0.5, 0.6) is 0 Å². The largest absolute Gasteiger partial charge is 0.396 e. The second-order valence-corrected chi connectivity index (χ2v) is 6.25. The number of aliphatic hydroxyl groups excluding tert-OH is 1. The van der Waals surface area contributed by atoms with Crippen LogP contribution in [0.25, 0.3) is 5.57 Å². The smallest absolute Gasteiger partial charge is 0.0745 e. The average Bonchev–Trinajstić information content (AvgIpc) is 3.26. The zero-order valence-electron chi connectivity index (χ0n) is 11.5. The third-order valence-corrected chi connectivity index (χ3v) is 4.59. The molecular weight excluding hydrogens is 272 g/mol. The average molecular weight is 293 g/mol. The van der Waals surface area contributed by atoms with Crippen LogP contribution in [0, 0.1) is 5.92 Å². The number of nitrogens with one attached hydrogen (secondary N) is 1. The fourth-order valence-electron chi connectivity index (χ4n) is 2.64. The van der Waals surface area contributed by atoms with E-state index in [2.05, 4.69) is 11.4 Å². The van der Waals surface area contributed by atoms with E-state index in [-0.39, 0.29) is 6.10 Å². The van der Waals surface area contributed by atoms with Gasteiger partial charge in [-0.05, 0) is 55.2 Å². The quantitative estimate of drug-likeness (QED) is 0.742. The maximum Gasteiger partial charge on any atom is 0.0745 e. The zero-order valence-corrected chi connectivity index (χ0v) is 12.3. The number of nitrogens with two attached hydrogens (primary N) is 1. The van der Waals surface area contributed by atoms with Gasteiger partial charge in [-0.2, -0.15) is 0 Å². The number of nitrogen functional groups attached to an aromatic ring is 1. The van der Waals surface area contributed by atoms with E-state index in [4.69, 9.17) is 17.3 Å². The van der Waals surface area contributed by atoms with Crippen LogP contribution in [0.15, 0.2) is 18.2 Å². The number of hydrogen-bond acceptors (Lipinski definition) is 3. The van der Waals surface area contributed by atoms with Crippen molar-refractivity contribution in [2.24, 2.45) is 5.92 Å². The Hall–Kier alpha value is -1.19. The highest BCUT2D eigenvalue weighted by atomic mass is 35.5. The summed E-state index contributed by atoms with van der Waals surface area (Å²) in [6.07, 6.45) is 6.84. The molecule has 2 aliphatic carbocycles. The van der Waals surface area contributed by atoms with Gasteiger partial charge in [0.1, 0.15) is 0 Å². The van der Waals surface area contributed by atoms with Gasteiger partial charge in [-0.3, -0.25) is 0 Å². The van der Waals surface area contributed by atoms with Crippen molar-refractivity contribution in [3.63, 3.8) is 0 Å². The second kappa shape index (κ2) is 5.66. The van der Waals surface area contributed by atoms with Crippen molar-refractivity contribution in [1.29, 1.82) is 0 Å². The highest BCUT2D eigenvalue weighted by molar-refractivity contribution is 6.35. The summed E-state index contributed by atoms with van der Waals surface area (Å²) in [5.74, 6) is 0.801. The second-order valence-electron chi connectivity index (χ2n) is 5.87. The number of anilines is 2. The summed E-state index contributed by atoms with van der Waals surface area (Å²) >= 11 is 6.43. The SMILES string of the molecule is Nc1c(NCC2CC2)ccc(C2=CCC(O)CC2)c1Cl. The predicted octanol–water partition coefficient (Wildman–Crippen LogP) is 3.67. The molecular formula is C16H21ClN2O. The van der Waals surface area contributed by atoms with Crippen molar-refractivity contribution in [3.05, 3.63) is 28.8 Å². The van der Waals surface area contributed by atoms with E-state index in [9.17, 15) is 5.11 Å². The van der Waals surface area contributed by atoms with Crippen LogP contribution in [0.4, 0.5) is 11.4 Å². The van der Waals surface area contributed by atoms with Gasteiger partial charge in [0.05, 0.1) is 22.5 Å². The molecule has 3 rings (SSSR count). The van der Waals surface area contributed by atoms with Crippen molar-refractivity contribution >= 4 is 28.5 Å². The molecule has 4 heteroatoms. The summed E-state index contributed by atoms with van der Waals surface area (Å²) in [6, 6.07) is 4.06. The van der Waals surface area contributed by atoms with Gasteiger partial charge in [-0.25, -0.2) is 0 Å². The number of allylic oxidation sites excluding steroid dienone is 1. The first-order chi connectivity index (χ1) is 9.65. The number of benzene rings is 1. The Kier molecular flexibility index (Phi) is 3.90. The normalized spacial score (nSPS) is 22.5. The van der Waals surface area contributed by atoms with Crippen LogP contribution >= 0.6 is 11.6 Å². The Bertz CT molecular complexity index is 538. The Balaban J connectivity index is 1.80. The molecule has 2 aliphatic rings. The van der Waals surface area contributed by atoms with Crippen molar-refractivity contribution in [3.8, 4) is 0 Å². The van der Waals surface area contributed by atoms with Crippen LogP contribution in [0.1, 0.15) is 37.7 Å². The van der Waals surface area contributed by atoms with Crippen molar-refractivity contribution < 1.29 is 5.11 Å². The molecule has 108 valence electrons. The summed E-state index contributed by atoms with van der Waals surface area (Å²) in [7, 11) is 0. The Labute approximate surface area is 124 Å². The van der Waals surface area contributed by atoms with Crippen LogP contribution in [-0.2, 0) is 0 Å². The zero-order chi connectivity index (χ0) is 14.1. The summed E-state index contributed by atoms with van der Waals surface area (Å²) in [5, 5.41) is 13.6. The minimum atomic E-state index is -0.214. The number of hydrogen-bond donors (Lipinski definition) is 3. The summed E-state index contributed by atoms with van der Waals surface area (Å²) < 4.78 is 0. The van der Waals surface area contributed by atoms with Gasteiger partial charge in [-0.15, -0.1) is 0 Å². The van der Waals surface area contributed by atoms with Crippen LogP contribution in [0.2, 0.25) is 5.02 Å². The number of rotatable bonds is 4. The minimum absolute atomic E-state index is 0.214. The molecule has 4 N–H and O–H groups in total. The molecule has 1 saturated carbocycles. The molecule has 1 fully saturated rings. The maximum absolute atomic E-state index is 9.56. The lowest BCUT2D eigenvalue weighted by atomic mass is 9.91. The molecule has 0 amide bonds. The molecule has 20 heavy (non-hydrogen) atoms. The van der Waals surface area contributed by atoms with Crippen molar-refractivity contribution in [2.75, 3.05) is 17.6 Å². The molecule has 0 radical (unpaired) electrons. The van der Waals surface area contributed by atoms with E-state index in [1.807, 2.05) is 12.1 Å². The standard InChI is InChI=1S/C16H21ClN2O/c17-15-13(11-3-5-12(20)6-4-11)7-8-14(16(15)18)19-9-10-1-2-10/h3,7-8,10,12,19-20H,1-2,4-6,9,18H2. The number of halogens is 1. The van der Waals surface area contributed by atoms with E-state index < -0.39 is 0 Å². The molecule has 3 nitrogen and oxygen atoms in total. The lowest BCUT2D eigenvalue weighted by Gasteiger charge is -2.20. The third-order valence-electron chi connectivity index (χ3n) is 4.19. The molecule has 0 heterocycles. The summed E-state index contributed by atoms with van der Waals surface area (Å²) in [4.78, 5) is 0. The van der Waals surface area contributed by atoms with Gasteiger partial charge in [-0.1, -0.05) is 23.7 Å². The molecule has 0 saturated heterocycles. The Morgan fingerprint density at radius 2 is 2.10 bits per heavy atom. The fraction of sp³-hybridized carbons (Fsp3) is 0.500. The minimum Gasteiger partial charge on any atom is -0.396 e. The summed E-state index contributed by atoms with van der Waals surface area (Å²) in [6.45, 7) is 0.981. The Morgan fingerprint density at radius 1 is 1.30 bits per heavy atom. The van der Waals surface area contributed by atoms with Gasteiger partial charge in [0.15, 0.2) is 0 Å². The van der Waals surface area contributed by atoms with Crippen molar-refractivity contribution in [2.45, 2.75) is 38.2 Å². The van der Waals surface area contributed by atoms with Gasteiger partial charge in [0.2, 0.25) is 0 Å². The first kappa shape index (κ1) is 13.8. The van der Waals surface area contributed by atoms with Gasteiger partial charge < -0.3 is 16.2 Å². The first-order valence-corrected chi connectivity index (χ1v) is 7.72.